The molecule has 0 aromatic carbocycles. The highest BCUT2D eigenvalue weighted by Gasteiger charge is 2.31. The Morgan fingerprint density at radius 1 is 1.38 bits per heavy atom. The minimum atomic E-state index is 0.0878. The first-order valence-corrected chi connectivity index (χ1v) is 5.81. The van der Waals surface area contributed by atoms with Crippen molar-refractivity contribution in [1.82, 2.24) is 0 Å². The number of ketones is 1. The van der Waals surface area contributed by atoms with Gasteiger partial charge in [-0.05, 0) is 44.3 Å². The lowest BCUT2D eigenvalue weighted by Crippen LogP contribution is -2.26. The highest BCUT2D eigenvalue weighted by Crippen LogP contribution is 2.36. The number of rotatable bonds is 3. The van der Waals surface area contributed by atoms with Crippen molar-refractivity contribution in [3.8, 4) is 0 Å². The summed E-state index contributed by atoms with van der Waals surface area (Å²) in [5, 5.41) is 0. The predicted molar refractivity (Wildman–Crippen MR) is 66.1 cm³/mol. The van der Waals surface area contributed by atoms with Gasteiger partial charge in [-0.3, -0.25) is 4.79 Å². The average molecular weight is 222 g/mol. The largest absolute Gasteiger partial charge is 0.486 e. The van der Waals surface area contributed by atoms with Crippen LogP contribution in [0.25, 0.3) is 0 Å². The summed E-state index contributed by atoms with van der Waals surface area (Å²) in [6, 6.07) is 0. The summed E-state index contributed by atoms with van der Waals surface area (Å²) in [4.78, 5) is 11.9. The van der Waals surface area contributed by atoms with Gasteiger partial charge in [-0.25, -0.2) is 0 Å². The SMILES string of the molecule is CC(C)=CCOC1=C(C)CC(C)(C)CC1=O. The van der Waals surface area contributed by atoms with E-state index >= 15 is 0 Å². The van der Waals surface area contributed by atoms with E-state index in [2.05, 4.69) is 13.8 Å². The maximum atomic E-state index is 11.9. The molecule has 0 saturated carbocycles. The quantitative estimate of drug-likeness (QED) is 0.681. The number of Topliss-reactive ketones (excluding diaryl/α,β-unsaturated/α-hetero) is 1. The molecule has 0 unspecified atom stereocenters. The molecule has 0 heterocycles. The third kappa shape index (κ3) is 3.51. The number of hydrogen-bond donors (Lipinski definition) is 0. The molecule has 1 aliphatic rings. The Balaban J connectivity index is 2.72. The summed E-state index contributed by atoms with van der Waals surface area (Å²) in [6.07, 6.45) is 3.53. The van der Waals surface area contributed by atoms with E-state index in [0.29, 0.717) is 18.8 Å². The van der Waals surface area contributed by atoms with E-state index < -0.39 is 0 Å². The molecular formula is C14H22O2. The third-order valence-electron chi connectivity index (χ3n) is 2.74. The van der Waals surface area contributed by atoms with Crippen LogP contribution in [0, 0.1) is 5.41 Å². The minimum Gasteiger partial charge on any atom is -0.486 e. The smallest absolute Gasteiger partial charge is 0.197 e. The monoisotopic (exact) mass is 222 g/mol. The molecule has 0 spiro atoms. The van der Waals surface area contributed by atoms with Crippen LogP contribution in [0.5, 0.6) is 0 Å². The average Bonchev–Trinajstić information content (AvgIpc) is 2.07. The van der Waals surface area contributed by atoms with Crippen molar-refractivity contribution in [2.24, 2.45) is 5.41 Å². The summed E-state index contributed by atoms with van der Waals surface area (Å²) in [7, 11) is 0. The predicted octanol–water partition coefficient (Wildman–Crippen LogP) is 3.63. The fraction of sp³-hybridized carbons (Fsp3) is 0.643. The molecule has 0 N–H and O–H groups in total. The Morgan fingerprint density at radius 3 is 2.50 bits per heavy atom. The Kier molecular flexibility index (Phi) is 3.95. The maximum Gasteiger partial charge on any atom is 0.197 e. The van der Waals surface area contributed by atoms with E-state index in [1.54, 1.807) is 0 Å². The van der Waals surface area contributed by atoms with Crippen molar-refractivity contribution < 1.29 is 9.53 Å². The molecule has 0 radical (unpaired) electrons. The number of carbonyl (C=O) groups excluding carboxylic acids is 1. The third-order valence-corrected chi connectivity index (χ3v) is 2.74. The van der Waals surface area contributed by atoms with Crippen LogP contribution in [-0.2, 0) is 9.53 Å². The lowest BCUT2D eigenvalue weighted by Gasteiger charge is -2.30. The van der Waals surface area contributed by atoms with E-state index in [1.165, 1.54) is 5.57 Å². The molecule has 1 rings (SSSR count). The highest BCUT2D eigenvalue weighted by atomic mass is 16.5. The number of hydrogen-bond acceptors (Lipinski definition) is 2. The van der Waals surface area contributed by atoms with Crippen LogP contribution < -0.4 is 0 Å². The van der Waals surface area contributed by atoms with Crippen LogP contribution in [0.1, 0.15) is 47.5 Å². The zero-order valence-electron chi connectivity index (χ0n) is 11.0. The fourth-order valence-corrected chi connectivity index (χ4v) is 2.11. The highest BCUT2D eigenvalue weighted by molar-refractivity contribution is 5.95. The lowest BCUT2D eigenvalue weighted by molar-refractivity contribution is -0.121. The molecule has 0 aliphatic heterocycles. The van der Waals surface area contributed by atoms with Gasteiger partial charge in [-0.15, -0.1) is 0 Å². The second-order valence-corrected chi connectivity index (χ2v) is 5.64. The number of ether oxygens (including phenoxy) is 1. The number of carbonyl (C=O) groups is 1. The van der Waals surface area contributed by atoms with Gasteiger partial charge in [-0.2, -0.15) is 0 Å². The summed E-state index contributed by atoms with van der Waals surface area (Å²) < 4.78 is 5.57. The maximum absolute atomic E-state index is 11.9. The first kappa shape index (κ1) is 13.0. The van der Waals surface area contributed by atoms with Gasteiger partial charge < -0.3 is 4.74 Å². The van der Waals surface area contributed by atoms with E-state index in [1.807, 2.05) is 26.8 Å². The summed E-state index contributed by atoms with van der Waals surface area (Å²) in [5.74, 6) is 0.743. The van der Waals surface area contributed by atoms with Gasteiger partial charge in [0.15, 0.2) is 11.5 Å². The van der Waals surface area contributed by atoms with Crippen LogP contribution in [0.2, 0.25) is 0 Å². The van der Waals surface area contributed by atoms with E-state index in [-0.39, 0.29) is 11.2 Å². The van der Waals surface area contributed by atoms with Crippen molar-refractivity contribution in [3.63, 3.8) is 0 Å². The molecular weight excluding hydrogens is 200 g/mol. The van der Waals surface area contributed by atoms with Gasteiger partial charge in [0.05, 0.1) is 0 Å². The van der Waals surface area contributed by atoms with E-state index in [9.17, 15) is 4.79 Å². The van der Waals surface area contributed by atoms with Crippen LogP contribution in [0.4, 0.5) is 0 Å². The van der Waals surface area contributed by atoms with Crippen molar-refractivity contribution in [2.45, 2.75) is 47.5 Å². The molecule has 90 valence electrons. The van der Waals surface area contributed by atoms with Gasteiger partial charge >= 0.3 is 0 Å². The molecule has 2 nitrogen and oxygen atoms in total. The Hall–Kier alpha value is -1.05. The van der Waals surface area contributed by atoms with E-state index in [4.69, 9.17) is 4.74 Å². The zero-order valence-corrected chi connectivity index (χ0v) is 11.0. The Bertz CT molecular complexity index is 342. The minimum absolute atomic E-state index is 0.0878. The second kappa shape index (κ2) is 4.86. The van der Waals surface area contributed by atoms with Crippen LogP contribution >= 0.6 is 0 Å². The molecule has 0 aromatic heterocycles. The molecule has 0 aromatic rings. The normalized spacial score (nSPS) is 19.7. The van der Waals surface area contributed by atoms with Gasteiger partial charge in [0, 0.05) is 6.42 Å². The first-order chi connectivity index (χ1) is 7.32. The molecule has 0 bridgehead atoms. The van der Waals surface area contributed by atoms with Gasteiger partial charge in [0.2, 0.25) is 0 Å². The Labute approximate surface area is 98.4 Å². The zero-order chi connectivity index (χ0) is 12.3. The van der Waals surface area contributed by atoms with Gasteiger partial charge in [0.25, 0.3) is 0 Å². The molecule has 16 heavy (non-hydrogen) atoms. The second-order valence-electron chi connectivity index (χ2n) is 5.64. The lowest BCUT2D eigenvalue weighted by atomic mass is 9.76. The summed E-state index contributed by atoms with van der Waals surface area (Å²) in [5.41, 5.74) is 2.38. The fourth-order valence-electron chi connectivity index (χ4n) is 2.11. The van der Waals surface area contributed by atoms with Crippen LogP contribution in [-0.4, -0.2) is 12.4 Å². The van der Waals surface area contributed by atoms with Crippen molar-refractivity contribution in [3.05, 3.63) is 23.0 Å². The van der Waals surface area contributed by atoms with Gasteiger partial charge in [0.1, 0.15) is 6.61 Å². The van der Waals surface area contributed by atoms with Crippen molar-refractivity contribution in [2.75, 3.05) is 6.61 Å². The molecule has 0 atom stereocenters. The standard InChI is InChI=1S/C14H22O2/c1-10(2)6-7-16-13-11(3)8-14(4,5)9-12(13)15/h6H,7-9H2,1-5H3. The van der Waals surface area contributed by atoms with Gasteiger partial charge in [-0.1, -0.05) is 19.4 Å². The van der Waals surface area contributed by atoms with Crippen LogP contribution in [0.15, 0.2) is 23.0 Å². The van der Waals surface area contributed by atoms with Crippen molar-refractivity contribution >= 4 is 5.78 Å². The molecule has 0 amide bonds. The van der Waals surface area contributed by atoms with Crippen LogP contribution in [0.3, 0.4) is 0 Å². The Morgan fingerprint density at radius 2 is 2.00 bits per heavy atom. The summed E-state index contributed by atoms with van der Waals surface area (Å²) >= 11 is 0. The van der Waals surface area contributed by atoms with Crippen molar-refractivity contribution in [1.29, 1.82) is 0 Å². The van der Waals surface area contributed by atoms with E-state index in [0.717, 1.165) is 12.0 Å². The molecule has 1 aliphatic carbocycles. The molecule has 2 heteroatoms. The number of allylic oxidation sites excluding steroid dienone is 3. The first-order valence-electron chi connectivity index (χ1n) is 5.81. The topological polar surface area (TPSA) is 26.3 Å². The molecule has 0 fully saturated rings. The molecule has 0 saturated heterocycles. The summed E-state index contributed by atoms with van der Waals surface area (Å²) in [6.45, 7) is 10.8.